The zero-order valence-electron chi connectivity index (χ0n) is 19.8. The van der Waals surface area contributed by atoms with Crippen LogP contribution in [0.5, 0.6) is 0 Å². The average molecular weight is 405 g/mol. The summed E-state index contributed by atoms with van der Waals surface area (Å²) in [6, 6.07) is 12.6. The summed E-state index contributed by atoms with van der Waals surface area (Å²) in [6.45, 7) is 16.3. The van der Waals surface area contributed by atoms with E-state index in [1.165, 1.54) is 41.4 Å². The van der Waals surface area contributed by atoms with Crippen molar-refractivity contribution < 1.29 is 9.53 Å². The summed E-state index contributed by atoms with van der Waals surface area (Å²) < 4.78 is 4.80. The fraction of sp³-hybridized carbons (Fsp3) is 0.464. The van der Waals surface area contributed by atoms with E-state index < -0.39 is 0 Å². The molecule has 0 saturated heterocycles. The van der Waals surface area contributed by atoms with Gasteiger partial charge in [0.25, 0.3) is 0 Å². The van der Waals surface area contributed by atoms with Gasteiger partial charge in [-0.25, -0.2) is 4.79 Å². The van der Waals surface area contributed by atoms with E-state index in [9.17, 15) is 4.79 Å². The van der Waals surface area contributed by atoms with Crippen molar-refractivity contribution in [3.8, 4) is 0 Å². The predicted molar refractivity (Wildman–Crippen MR) is 127 cm³/mol. The van der Waals surface area contributed by atoms with Crippen molar-refractivity contribution in [2.75, 3.05) is 7.11 Å². The van der Waals surface area contributed by atoms with E-state index >= 15 is 0 Å². The molecule has 3 rings (SSSR count). The van der Waals surface area contributed by atoms with Gasteiger partial charge in [0.2, 0.25) is 0 Å². The summed E-state index contributed by atoms with van der Waals surface area (Å²) in [5.74, 6) is 0.302. The summed E-state index contributed by atoms with van der Waals surface area (Å²) in [6.07, 6.45) is 4.48. The Morgan fingerprint density at radius 1 is 1.03 bits per heavy atom. The van der Waals surface area contributed by atoms with Gasteiger partial charge in [-0.2, -0.15) is 0 Å². The van der Waals surface area contributed by atoms with Gasteiger partial charge in [0.05, 0.1) is 12.7 Å². The molecule has 30 heavy (non-hydrogen) atoms. The Morgan fingerprint density at radius 2 is 1.60 bits per heavy atom. The monoisotopic (exact) mass is 404 g/mol. The quantitative estimate of drug-likeness (QED) is 0.389. The number of rotatable bonds is 5. The maximum atomic E-state index is 11.7. The molecule has 0 amide bonds. The second kappa shape index (κ2) is 8.06. The standard InChI is InChI=1S/C28H36O2/c1-18(2)13-22-15-24-25(28(6,7)17-27(24,4)5)16-23(22)19(3)14-20-9-11-21(12-10-20)26(29)30-8/h9-12,14-16,18H,13,17H2,1-8H3. The van der Waals surface area contributed by atoms with Gasteiger partial charge in [-0.3, -0.25) is 0 Å². The molecule has 0 saturated carbocycles. The van der Waals surface area contributed by atoms with Crippen LogP contribution in [0.25, 0.3) is 11.6 Å². The minimum Gasteiger partial charge on any atom is -0.465 e. The van der Waals surface area contributed by atoms with Crippen LogP contribution in [-0.4, -0.2) is 13.1 Å². The van der Waals surface area contributed by atoms with Gasteiger partial charge in [0.1, 0.15) is 0 Å². The first-order valence-corrected chi connectivity index (χ1v) is 11.0. The van der Waals surface area contributed by atoms with Crippen molar-refractivity contribution in [3.05, 3.63) is 69.8 Å². The van der Waals surface area contributed by atoms with Crippen LogP contribution in [0.4, 0.5) is 0 Å². The number of carbonyl (C=O) groups is 1. The third-order valence-corrected chi connectivity index (χ3v) is 6.35. The Bertz CT molecular complexity index is 972. The number of carbonyl (C=O) groups excluding carboxylic acids is 1. The Morgan fingerprint density at radius 3 is 2.13 bits per heavy atom. The van der Waals surface area contributed by atoms with Crippen molar-refractivity contribution in [2.45, 2.75) is 72.1 Å². The van der Waals surface area contributed by atoms with Crippen molar-refractivity contribution in [3.63, 3.8) is 0 Å². The first kappa shape index (κ1) is 22.3. The number of hydrogen-bond donors (Lipinski definition) is 0. The fourth-order valence-corrected chi connectivity index (χ4v) is 5.20. The fourth-order valence-electron chi connectivity index (χ4n) is 5.20. The van der Waals surface area contributed by atoms with E-state index in [4.69, 9.17) is 4.74 Å². The number of benzene rings is 2. The molecule has 0 unspecified atom stereocenters. The number of esters is 1. The first-order chi connectivity index (χ1) is 13.9. The van der Waals surface area contributed by atoms with Gasteiger partial charge in [0.15, 0.2) is 0 Å². The molecular weight excluding hydrogens is 368 g/mol. The maximum Gasteiger partial charge on any atom is 0.337 e. The SMILES string of the molecule is COC(=O)c1ccc(C=C(C)c2cc3c(cc2CC(C)C)C(C)(C)CC3(C)C)cc1. The second-order valence-electron chi connectivity index (χ2n) is 10.5. The van der Waals surface area contributed by atoms with E-state index in [2.05, 4.69) is 66.7 Å². The smallest absolute Gasteiger partial charge is 0.337 e. The van der Waals surface area contributed by atoms with Crippen LogP contribution in [-0.2, 0) is 22.0 Å². The van der Waals surface area contributed by atoms with Crippen molar-refractivity contribution in [1.29, 1.82) is 0 Å². The molecule has 2 aromatic rings. The lowest BCUT2D eigenvalue weighted by molar-refractivity contribution is 0.0600. The van der Waals surface area contributed by atoms with Gasteiger partial charge in [-0.15, -0.1) is 0 Å². The summed E-state index contributed by atoms with van der Waals surface area (Å²) >= 11 is 0. The highest BCUT2D eigenvalue weighted by Gasteiger charge is 2.42. The zero-order valence-corrected chi connectivity index (χ0v) is 19.8. The van der Waals surface area contributed by atoms with Crippen molar-refractivity contribution in [1.82, 2.24) is 0 Å². The van der Waals surface area contributed by atoms with Crippen LogP contribution in [0.3, 0.4) is 0 Å². The molecule has 2 nitrogen and oxygen atoms in total. The third-order valence-electron chi connectivity index (χ3n) is 6.35. The maximum absolute atomic E-state index is 11.7. The molecule has 2 aromatic carbocycles. The largest absolute Gasteiger partial charge is 0.465 e. The molecule has 0 aromatic heterocycles. The lowest BCUT2D eigenvalue weighted by atomic mass is 9.82. The highest BCUT2D eigenvalue weighted by molar-refractivity contribution is 5.90. The molecule has 0 spiro atoms. The molecule has 0 fully saturated rings. The first-order valence-electron chi connectivity index (χ1n) is 11.0. The van der Waals surface area contributed by atoms with Crippen LogP contribution in [0.15, 0.2) is 36.4 Å². The normalized spacial score (nSPS) is 17.2. The Balaban J connectivity index is 2.07. The minimum atomic E-state index is -0.301. The summed E-state index contributed by atoms with van der Waals surface area (Å²) in [5, 5.41) is 0. The van der Waals surface area contributed by atoms with Crippen LogP contribution in [0.1, 0.15) is 93.1 Å². The molecule has 0 aliphatic heterocycles. The predicted octanol–water partition coefficient (Wildman–Crippen LogP) is 7.19. The number of hydrogen-bond acceptors (Lipinski definition) is 2. The number of methoxy groups -OCH3 is 1. The van der Waals surface area contributed by atoms with E-state index in [1.807, 2.05) is 24.3 Å². The number of ether oxygens (including phenoxy) is 1. The number of fused-ring (bicyclic) bond motifs is 1. The van der Waals surface area contributed by atoms with Crippen molar-refractivity contribution >= 4 is 17.6 Å². The molecule has 1 aliphatic rings. The summed E-state index contributed by atoms with van der Waals surface area (Å²) in [7, 11) is 1.41. The topological polar surface area (TPSA) is 26.3 Å². The average Bonchev–Trinajstić information content (AvgIpc) is 2.84. The van der Waals surface area contributed by atoms with Crippen LogP contribution >= 0.6 is 0 Å². The van der Waals surface area contributed by atoms with Crippen LogP contribution in [0.2, 0.25) is 0 Å². The van der Waals surface area contributed by atoms with Crippen molar-refractivity contribution in [2.24, 2.45) is 5.92 Å². The molecule has 0 bridgehead atoms. The molecule has 0 heterocycles. The number of allylic oxidation sites excluding steroid dienone is 1. The Hall–Kier alpha value is -2.35. The Labute approximate surface area is 182 Å². The van der Waals surface area contributed by atoms with E-state index in [1.54, 1.807) is 0 Å². The Kier molecular flexibility index (Phi) is 6.00. The second-order valence-corrected chi connectivity index (χ2v) is 10.5. The van der Waals surface area contributed by atoms with E-state index in [-0.39, 0.29) is 16.8 Å². The lowest BCUT2D eigenvalue weighted by Crippen LogP contribution is -2.18. The molecule has 0 N–H and O–H groups in total. The zero-order chi connectivity index (χ0) is 22.3. The molecular formula is C28H36O2. The summed E-state index contributed by atoms with van der Waals surface area (Å²) in [4.78, 5) is 11.7. The lowest BCUT2D eigenvalue weighted by Gasteiger charge is -2.22. The minimum absolute atomic E-state index is 0.187. The summed E-state index contributed by atoms with van der Waals surface area (Å²) in [5.41, 5.74) is 9.13. The van der Waals surface area contributed by atoms with Gasteiger partial charge in [-0.1, -0.05) is 71.9 Å². The van der Waals surface area contributed by atoms with Gasteiger partial charge < -0.3 is 4.74 Å². The molecule has 0 radical (unpaired) electrons. The highest BCUT2D eigenvalue weighted by Crippen LogP contribution is 2.50. The van der Waals surface area contributed by atoms with Crippen LogP contribution < -0.4 is 0 Å². The van der Waals surface area contributed by atoms with Crippen LogP contribution in [0, 0.1) is 5.92 Å². The van der Waals surface area contributed by atoms with Gasteiger partial charge >= 0.3 is 5.97 Å². The molecule has 160 valence electrons. The van der Waals surface area contributed by atoms with E-state index in [0.29, 0.717) is 11.5 Å². The highest BCUT2D eigenvalue weighted by atomic mass is 16.5. The third kappa shape index (κ3) is 4.38. The van der Waals surface area contributed by atoms with Gasteiger partial charge in [0, 0.05) is 0 Å². The van der Waals surface area contributed by atoms with E-state index in [0.717, 1.165) is 12.0 Å². The van der Waals surface area contributed by atoms with Gasteiger partial charge in [-0.05, 0) is 82.0 Å². The molecule has 2 heteroatoms. The molecule has 1 aliphatic carbocycles. The molecule has 0 atom stereocenters.